The predicted octanol–water partition coefficient (Wildman–Crippen LogP) is 26.6. The van der Waals surface area contributed by atoms with Crippen molar-refractivity contribution in [2.75, 3.05) is 13.2 Å². The average Bonchev–Trinajstić information content (AvgIpc) is 3.58. The first-order valence-electron chi connectivity index (χ1n) is 40.3. The Morgan fingerprint density at radius 1 is 0.307 bits per heavy atom. The van der Waals surface area contributed by atoms with Gasteiger partial charge < -0.3 is 20.3 Å². The molecule has 0 aliphatic rings. The molecule has 88 heavy (non-hydrogen) atoms. The second kappa shape index (κ2) is 77.5. The molecule has 0 aromatic heterocycles. The molecular formula is C82H157NO5. The molecule has 2 atom stereocenters. The van der Waals surface area contributed by atoms with Crippen molar-refractivity contribution in [3.8, 4) is 0 Å². The summed E-state index contributed by atoms with van der Waals surface area (Å²) in [6.07, 6.45) is 101. The number of unbranched alkanes of at least 4 members (excludes halogenated alkanes) is 61. The summed E-state index contributed by atoms with van der Waals surface area (Å²) in [5.41, 5.74) is 0. The summed E-state index contributed by atoms with van der Waals surface area (Å²) in [6, 6.07) is -0.628. The Balaban J connectivity index is 3.38. The lowest BCUT2D eigenvalue weighted by Gasteiger charge is -2.20. The van der Waals surface area contributed by atoms with E-state index in [9.17, 15) is 19.8 Å². The Labute approximate surface area is 551 Å². The highest BCUT2D eigenvalue weighted by Gasteiger charge is 2.18. The van der Waals surface area contributed by atoms with Crippen LogP contribution in [0.25, 0.3) is 0 Å². The minimum atomic E-state index is -0.845. The number of hydrogen-bond acceptors (Lipinski definition) is 5. The van der Waals surface area contributed by atoms with Crippen molar-refractivity contribution in [2.24, 2.45) is 0 Å². The molecule has 520 valence electrons. The number of ether oxygens (including phenoxy) is 1. The Bertz CT molecular complexity index is 1430. The molecule has 6 nitrogen and oxygen atoms in total. The van der Waals surface area contributed by atoms with Crippen LogP contribution >= 0.6 is 0 Å². The van der Waals surface area contributed by atoms with E-state index < -0.39 is 12.1 Å². The van der Waals surface area contributed by atoms with Crippen molar-refractivity contribution >= 4 is 11.9 Å². The van der Waals surface area contributed by atoms with Gasteiger partial charge in [0.1, 0.15) is 0 Å². The van der Waals surface area contributed by atoms with Crippen LogP contribution < -0.4 is 5.32 Å². The minimum Gasteiger partial charge on any atom is -0.466 e. The number of allylic oxidation sites excluding steroid dienone is 5. The van der Waals surface area contributed by atoms with Gasteiger partial charge in [-0.05, 0) is 83.5 Å². The van der Waals surface area contributed by atoms with Crippen LogP contribution in [0.3, 0.4) is 0 Å². The smallest absolute Gasteiger partial charge is 0.305 e. The number of aliphatic hydroxyl groups excluding tert-OH is 2. The van der Waals surface area contributed by atoms with Gasteiger partial charge in [0.2, 0.25) is 5.91 Å². The number of hydrogen-bond donors (Lipinski definition) is 3. The van der Waals surface area contributed by atoms with E-state index in [2.05, 4.69) is 43.5 Å². The summed E-state index contributed by atoms with van der Waals surface area (Å²) < 4.78 is 5.51. The first kappa shape index (κ1) is 86.1. The first-order valence-corrected chi connectivity index (χ1v) is 40.3. The third kappa shape index (κ3) is 73.1. The summed E-state index contributed by atoms with van der Waals surface area (Å²) >= 11 is 0. The lowest BCUT2D eigenvalue weighted by molar-refractivity contribution is -0.143. The van der Waals surface area contributed by atoms with Gasteiger partial charge in [0.05, 0.1) is 25.4 Å². The van der Waals surface area contributed by atoms with Crippen LogP contribution in [0.15, 0.2) is 36.5 Å². The number of rotatable bonds is 76. The van der Waals surface area contributed by atoms with E-state index in [1.54, 1.807) is 6.08 Å². The van der Waals surface area contributed by atoms with Crippen LogP contribution in [0, 0.1) is 0 Å². The lowest BCUT2D eigenvalue weighted by Crippen LogP contribution is -2.45. The fourth-order valence-corrected chi connectivity index (χ4v) is 12.7. The van der Waals surface area contributed by atoms with E-state index in [1.165, 1.54) is 379 Å². The Kier molecular flexibility index (Phi) is 75.8. The summed E-state index contributed by atoms with van der Waals surface area (Å²) in [6.45, 7) is 4.95. The van der Waals surface area contributed by atoms with Gasteiger partial charge in [-0.3, -0.25) is 9.59 Å². The minimum absolute atomic E-state index is 0.0149. The molecule has 0 bridgehead atoms. The maximum atomic E-state index is 12.6. The number of carbonyl (C=O) groups excluding carboxylic acids is 2. The zero-order valence-electron chi connectivity index (χ0n) is 59.7. The van der Waals surface area contributed by atoms with Gasteiger partial charge in [0, 0.05) is 12.8 Å². The molecule has 1 amide bonds. The molecule has 6 heteroatoms. The Hall–Kier alpha value is -1.92. The van der Waals surface area contributed by atoms with Crippen molar-refractivity contribution in [1.29, 1.82) is 0 Å². The van der Waals surface area contributed by atoms with Crippen molar-refractivity contribution in [3.63, 3.8) is 0 Å². The zero-order valence-corrected chi connectivity index (χ0v) is 59.7. The molecule has 0 saturated carbocycles. The standard InChI is InChI=1S/C82H157NO5/c1-3-5-7-9-11-13-15-17-19-21-22-23-33-36-39-43-46-50-54-58-62-66-70-74-80(85)79(78-84)83-81(86)75-71-67-63-59-55-51-47-44-40-37-34-31-29-27-25-24-26-28-30-32-35-38-41-45-49-53-57-61-65-69-73-77-88-82(87)76-72-68-64-60-56-52-48-42-20-18-16-14-12-10-8-6-4-2/h18,20,26,28,70,74,79-80,84-85H,3-17,19,21-25,27,29-69,71-73,75-78H2,1-2H3,(H,83,86)/b20-18-,28-26-,74-70+. The maximum Gasteiger partial charge on any atom is 0.305 e. The van der Waals surface area contributed by atoms with Crippen LogP contribution in [-0.2, 0) is 14.3 Å². The predicted molar refractivity (Wildman–Crippen MR) is 389 cm³/mol. The second-order valence-corrected chi connectivity index (χ2v) is 27.7. The van der Waals surface area contributed by atoms with E-state index in [0.29, 0.717) is 19.4 Å². The topological polar surface area (TPSA) is 95.9 Å². The molecule has 2 unspecified atom stereocenters. The van der Waals surface area contributed by atoms with E-state index in [1.807, 2.05) is 6.08 Å². The summed E-state index contributed by atoms with van der Waals surface area (Å²) in [7, 11) is 0. The first-order chi connectivity index (χ1) is 43.5. The molecule has 0 aliphatic heterocycles. The van der Waals surface area contributed by atoms with Crippen molar-refractivity contribution < 1.29 is 24.5 Å². The number of carbonyl (C=O) groups is 2. The van der Waals surface area contributed by atoms with E-state index in [4.69, 9.17) is 4.74 Å². The molecule has 0 aromatic rings. The highest BCUT2D eigenvalue weighted by molar-refractivity contribution is 5.76. The molecule has 0 fully saturated rings. The Morgan fingerprint density at radius 3 is 0.807 bits per heavy atom. The molecule has 0 saturated heterocycles. The van der Waals surface area contributed by atoms with Crippen LogP contribution in [0.5, 0.6) is 0 Å². The van der Waals surface area contributed by atoms with Gasteiger partial charge in [-0.15, -0.1) is 0 Å². The van der Waals surface area contributed by atoms with Gasteiger partial charge in [-0.1, -0.05) is 391 Å². The molecular weight excluding hydrogens is 1080 g/mol. The van der Waals surface area contributed by atoms with Crippen LogP contribution in [0.1, 0.15) is 450 Å². The van der Waals surface area contributed by atoms with Gasteiger partial charge in [0.25, 0.3) is 0 Å². The SMILES string of the molecule is CCCCCCCC/C=C\CCCCCCCCCC(=O)OCCCCCCCCCCCCCC/C=C\CCCCCCCCCCCCCCCCCC(=O)NC(CO)C(O)/C=C/CCCCCCCCCCCCCCCCCCCCCCC. The highest BCUT2D eigenvalue weighted by Crippen LogP contribution is 2.20. The van der Waals surface area contributed by atoms with E-state index in [0.717, 1.165) is 44.9 Å². The summed E-state index contributed by atoms with van der Waals surface area (Å²) in [5, 5.41) is 23.3. The normalized spacial score (nSPS) is 12.6. The number of amides is 1. The summed E-state index contributed by atoms with van der Waals surface area (Å²) in [4.78, 5) is 24.7. The van der Waals surface area contributed by atoms with Gasteiger partial charge in [-0.2, -0.15) is 0 Å². The number of nitrogens with one attached hydrogen (secondary N) is 1. The fourth-order valence-electron chi connectivity index (χ4n) is 12.7. The highest BCUT2D eigenvalue weighted by atomic mass is 16.5. The van der Waals surface area contributed by atoms with Gasteiger partial charge in [-0.25, -0.2) is 0 Å². The van der Waals surface area contributed by atoms with Crippen molar-refractivity contribution in [1.82, 2.24) is 5.32 Å². The molecule has 3 N–H and O–H groups in total. The monoisotopic (exact) mass is 1240 g/mol. The van der Waals surface area contributed by atoms with E-state index in [-0.39, 0.29) is 18.5 Å². The maximum absolute atomic E-state index is 12.6. The van der Waals surface area contributed by atoms with Gasteiger partial charge >= 0.3 is 5.97 Å². The van der Waals surface area contributed by atoms with Gasteiger partial charge in [0.15, 0.2) is 0 Å². The fraction of sp³-hybridized carbons (Fsp3) is 0.902. The third-order valence-corrected chi connectivity index (χ3v) is 18.9. The van der Waals surface area contributed by atoms with E-state index >= 15 is 0 Å². The molecule has 0 heterocycles. The zero-order chi connectivity index (χ0) is 63.5. The lowest BCUT2D eigenvalue weighted by atomic mass is 10.0. The quantitative estimate of drug-likeness (QED) is 0.0320. The molecule has 0 radical (unpaired) electrons. The third-order valence-electron chi connectivity index (χ3n) is 18.9. The van der Waals surface area contributed by atoms with Crippen LogP contribution in [0.4, 0.5) is 0 Å². The molecule has 0 rings (SSSR count). The molecule has 0 spiro atoms. The van der Waals surface area contributed by atoms with Crippen molar-refractivity contribution in [3.05, 3.63) is 36.5 Å². The van der Waals surface area contributed by atoms with Crippen molar-refractivity contribution in [2.45, 2.75) is 463 Å². The second-order valence-electron chi connectivity index (χ2n) is 27.7. The summed E-state index contributed by atoms with van der Waals surface area (Å²) in [5.74, 6) is -0.0462. The number of esters is 1. The van der Waals surface area contributed by atoms with Crippen LogP contribution in [0.2, 0.25) is 0 Å². The van der Waals surface area contributed by atoms with Crippen LogP contribution in [-0.4, -0.2) is 47.4 Å². The molecule has 0 aromatic carbocycles. The Morgan fingerprint density at radius 2 is 0.534 bits per heavy atom. The largest absolute Gasteiger partial charge is 0.466 e. The average molecular weight is 1240 g/mol. The molecule has 0 aliphatic carbocycles. The number of aliphatic hydroxyl groups is 2.